The average Bonchev–Trinajstić information content (AvgIpc) is 2.86. The quantitative estimate of drug-likeness (QED) is 0.859. The number of hydrogen-bond donors (Lipinski definition) is 1. The molecular formula is C14H13ClN2O4. The van der Waals surface area contributed by atoms with Crippen LogP contribution in [0.25, 0.3) is 0 Å². The first-order valence-corrected chi connectivity index (χ1v) is 6.63. The van der Waals surface area contributed by atoms with Crippen LogP contribution in [0.1, 0.15) is 23.0 Å². The number of rotatable bonds is 5. The molecule has 1 aromatic heterocycles. The number of oxazole rings is 1. The minimum Gasteiger partial charge on any atom is -0.466 e. The number of carbonyl (C=O) groups excluding carboxylic acids is 2. The molecule has 21 heavy (non-hydrogen) atoms. The molecule has 0 aliphatic rings. The van der Waals surface area contributed by atoms with E-state index in [2.05, 4.69) is 10.3 Å². The van der Waals surface area contributed by atoms with Crippen LogP contribution in [0.5, 0.6) is 0 Å². The molecule has 2 aromatic rings. The summed E-state index contributed by atoms with van der Waals surface area (Å²) in [5.74, 6) is -0.780. The fourth-order valence-corrected chi connectivity index (χ4v) is 1.70. The lowest BCUT2D eigenvalue weighted by Gasteiger charge is -2.00. The van der Waals surface area contributed by atoms with Crippen molar-refractivity contribution in [1.82, 2.24) is 4.98 Å². The number of nitrogens with zero attached hydrogens (tertiary/aromatic N) is 1. The molecule has 1 heterocycles. The van der Waals surface area contributed by atoms with Gasteiger partial charge in [-0.1, -0.05) is 11.6 Å². The van der Waals surface area contributed by atoms with Gasteiger partial charge in [-0.15, -0.1) is 0 Å². The van der Waals surface area contributed by atoms with Gasteiger partial charge < -0.3 is 9.15 Å². The van der Waals surface area contributed by atoms with Crippen molar-refractivity contribution in [2.75, 3.05) is 11.9 Å². The number of nitrogens with one attached hydrogen (secondary N) is 1. The van der Waals surface area contributed by atoms with E-state index < -0.39 is 5.97 Å². The molecule has 0 spiro atoms. The van der Waals surface area contributed by atoms with Crippen molar-refractivity contribution in [2.45, 2.75) is 13.3 Å². The lowest BCUT2D eigenvalue weighted by atomic mass is 10.2. The molecule has 0 aliphatic heterocycles. The second-order valence-corrected chi connectivity index (χ2v) is 4.52. The van der Waals surface area contributed by atoms with E-state index in [-0.39, 0.29) is 18.3 Å². The monoisotopic (exact) mass is 308 g/mol. The third-order valence-electron chi connectivity index (χ3n) is 2.51. The number of amides is 1. The summed E-state index contributed by atoms with van der Waals surface area (Å²) in [5, 5.41) is 3.03. The summed E-state index contributed by atoms with van der Waals surface area (Å²) >= 11 is 5.75. The van der Waals surface area contributed by atoms with Crippen LogP contribution in [0.3, 0.4) is 0 Å². The molecule has 0 atom stereocenters. The van der Waals surface area contributed by atoms with Crippen LogP contribution in [0.2, 0.25) is 5.02 Å². The molecule has 0 bridgehead atoms. The van der Waals surface area contributed by atoms with E-state index >= 15 is 0 Å². The first-order chi connectivity index (χ1) is 10.1. The maximum absolute atomic E-state index is 11.9. The largest absolute Gasteiger partial charge is 0.466 e. The molecule has 1 N–H and O–H groups in total. The minimum atomic E-state index is -0.402. The SMILES string of the molecule is CCOC(=O)Cc1coc(NC(=O)c2ccc(Cl)cc2)n1. The van der Waals surface area contributed by atoms with Crippen LogP contribution < -0.4 is 5.32 Å². The molecule has 1 aromatic carbocycles. The van der Waals surface area contributed by atoms with Gasteiger partial charge in [-0.2, -0.15) is 4.98 Å². The van der Waals surface area contributed by atoms with Crippen molar-refractivity contribution in [3.8, 4) is 0 Å². The van der Waals surface area contributed by atoms with E-state index in [9.17, 15) is 9.59 Å². The molecule has 110 valence electrons. The predicted octanol–water partition coefficient (Wildman–Crippen LogP) is 2.69. The number of esters is 1. The van der Waals surface area contributed by atoms with Gasteiger partial charge in [0, 0.05) is 10.6 Å². The summed E-state index contributed by atoms with van der Waals surface area (Å²) in [6.07, 6.45) is 1.29. The van der Waals surface area contributed by atoms with E-state index in [1.807, 2.05) is 0 Å². The lowest BCUT2D eigenvalue weighted by Crippen LogP contribution is -2.12. The standard InChI is InChI=1S/C14H13ClN2O4/c1-2-20-12(18)7-11-8-21-14(16-11)17-13(19)9-3-5-10(15)6-4-9/h3-6,8H,2,7H2,1H3,(H,16,17,19). The number of ether oxygens (including phenoxy) is 1. The summed E-state index contributed by atoms with van der Waals surface area (Å²) in [6.45, 7) is 2.02. The third kappa shape index (κ3) is 4.32. The summed E-state index contributed by atoms with van der Waals surface area (Å²) in [5.41, 5.74) is 0.810. The van der Waals surface area contributed by atoms with Gasteiger partial charge in [-0.3, -0.25) is 14.9 Å². The maximum atomic E-state index is 11.9. The van der Waals surface area contributed by atoms with Crippen molar-refractivity contribution >= 4 is 29.5 Å². The molecule has 6 nitrogen and oxygen atoms in total. The van der Waals surface area contributed by atoms with Gasteiger partial charge in [0.1, 0.15) is 6.26 Å². The molecule has 0 saturated carbocycles. The molecule has 0 aliphatic carbocycles. The van der Waals surface area contributed by atoms with Crippen molar-refractivity contribution in [2.24, 2.45) is 0 Å². The lowest BCUT2D eigenvalue weighted by molar-refractivity contribution is -0.142. The van der Waals surface area contributed by atoms with Crippen LogP contribution in [0.4, 0.5) is 6.01 Å². The zero-order chi connectivity index (χ0) is 15.2. The van der Waals surface area contributed by atoms with E-state index in [1.165, 1.54) is 6.26 Å². The summed E-state index contributed by atoms with van der Waals surface area (Å²) in [7, 11) is 0. The summed E-state index contributed by atoms with van der Waals surface area (Å²) in [4.78, 5) is 27.2. The molecule has 7 heteroatoms. The number of halogens is 1. The number of hydrogen-bond acceptors (Lipinski definition) is 5. The Balaban J connectivity index is 1.97. The Bertz CT molecular complexity index is 637. The molecule has 2 rings (SSSR count). The fraction of sp³-hybridized carbons (Fsp3) is 0.214. The molecule has 0 saturated heterocycles. The Morgan fingerprint density at radius 1 is 1.33 bits per heavy atom. The van der Waals surface area contributed by atoms with Gasteiger partial charge in [0.05, 0.1) is 18.7 Å². The highest BCUT2D eigenvalue weighted by Crippen LogP contribution is 2.13. The number of aromatic nitrogens is 1. The van der Waals surface area contributed by atoms with Gasteiger partial charge in [0.15, 0.2) is 0 Å². The first kappa shape index (κ1) is 15.1. The van der Waals surface area contributed by atoms with E-state index in [1.54, 1.807) is 31.2 Å². The van der Waals surface area contributed by atoms with Crippen molar-refractivity contribution in [1.29, 1.82) is 0 Å². The Hall–Kier alpha value is -2.34. The van der Waals surface area contributed by atoms with Gasteiger partial charge in [-0.05, 0) is 31.2 Å². The zero-order valence-electron chi connectivity index (χ0n) is 11.3. The summed E-state index contributed by atoms with van der Waals surface area (Å²) < 4.78 is 9.88. The summed E-state index contributed by atoms with van der Waals surface area (Å²) in [6, 6.07) is 6.41. The van der Waals surface area contributed by atoms with Crippen LogP contribution in [-0.2, 0) is 16.0 Å². The van der Waals surface area contributed by atoms with E-state index in [0.717, 1.165) is 0 Å². The fourth-order valence-electron chi connectivity index (χ4n) is 1.58. The van der Waals surface area contributed by atoms with Gasteiger partial charge >= 0.3 is 12.0 Å². The Morgan fingerprint density at radius 2 is 2.05 bits per heavy atom. The van der Waals surface area contributed by atoms with Crippen LogP contribution in [0.15, 0.2) is 34.9 Å². The second-order valence-electron chi connectivity index (χ2n) is 4.09. The highest BCUT2D eigenvalue weighted by atomic mass is 35.5. The number of benzene rings is 1. The first-order valence-electron chi connectivity index (χ1n) is 6.25. The topological polar surface area (TPSA) is 81.4 Å². The normalized spacial score (nSPS) is 10.2. The molecule has 0 unspecified atom stereocenters. The minimum absolute atomic E-state index is 0.00580. The predicted molar refractivity (Wildman–Crippen MR) is 76.2 cm³/mol. The van der Waals surface area contributed by atoms with Crippen molar-refractivity contribution in [3.05, 3.63) is 46.8 Å². The highest BCUT2D eigenvalue weighted by molar-refractivity contribution is 6.30. The van der Waals surface area contributed by atoms with Gasteiger partial charge in [0.25, 0.3) is 5.91 Å². The van der Waals surface area contributed by atoms with E-state index in [4.69, 9.17) is 20.8 Å². The molecule has 1 amide bonds. The molecular weight excluding hydrogens is 296 g/mol. The Labute approximate surface area is 126 Å². The van der Waals surface area contributed by atoms with Crippen LogP contribution >= 0.6 is 11.6 Å². The molecule has 0 fully saturated rings. The third-order valence-corrected chi connectivity index (χ3v) is 2.76. The Morgan fingerprint density at radius 3 is 2.71 bits per heavy atom. The molecule has 0 radical (unpaired) electrons. The second kappa shape index (κ2) is 6.90. The van der Waals surface area contributed by atoms with Crippen molar-refractivity contribution in [3.63, 3.8) is 0 Å². The van der Waals surface area contributed by atoms with Gasteiger partial charge in [0.2, 0.25) is 0 Å². The van der Waals surface area contributed by atoms with Gasteiger partial charge in [-0.25, -0.2) is 0 Å². The van der Waals surface area contributed by atoms with E-state index in [0.29, 0.717) is 22.9 Å². The Kier molecular flexibility index (Phi) is 4.94. The van der Waals surface area contributed by atoms with Crippen LogP contribution in [0, 0.1) is 0 Å². The van der Waals surface area contributed by atoms with Crippen LogP contribution in [-0.4, -0.2) is 23.5 Å². The smallest absolute Gasteiger partial charge is 0.311 e. The average molecular weight is 309 g/mol. The maximum Gasteiger partial charge on any atom is 0.311 e. The highest BCUT2D eigenvalue weighted by Gasteiger charge is 2.12. The number of anilines is 1. The zero-order valence-corrected chi connectivity index (χ0v) is 12.0. The van der Waals surface area contributed by atoms with Crippen molar-refractivity contribution < 1.29 is 18.7 Å². The number of carbonyl (C=O) groups is 2.